The zero-order chi connectivity index (χ0) is 35.7. The molecule has 0 aliphatic heterocycles. The summed E-state index contributed by atoms with van der Waals surface area (Å²) in [6, 6.07) is 13.2. The molecule has 1 unspecified atom stereocenters. The number of amides is 2. The molecule has 13 heteroatoms. The number of esters is 2. The first-order valence-electron chi connectivity index (χ1n) is 15.5. The monoisotopic (exact) mass is 673 g/mol. The Hall–Kier alpha value is -5.72. The number of aromatic carboxylic acids is 1. The molecule has 1 fully saturated rings. The third kappa shape index (κ3) is 10.1. The van der Waals surface area contributed by atoms with Gasteiger partial charge in [-0.05, 0) is 69.4 Å². The fraction of sp³-hybridized carbons (Fsp3) is 0.333. The third-order valence-electron chi connectivity index (χ3n) is 7.33. The van der Waals surface area contributed by atoms with Gasteiger partial charge < -0.3 is 34.7 Å². The van der Waals surface area contributed by atoms with Gasteiger partial charge in [-0.15, -0.1) is 0 Å². The van der Waals surface area contributed by atoms with Crippen LogP contribution >= 0.6 is 0 Å². The molecule has 0 bridgehead atoms. The summed E-state index contributed by atoms with van der Waals surface area (Å²) in [4.78, 5) is 68.6. The summed E-state index contributed by atoms with van der Waals surface area (Å²) in [5.41, 5.74) is -0.338. The van der Waals surface area contributed by atoms with Crippen LogP contribution in [0.1, 0.15) is 76.1 Å². The number of rotatable bonds is 14. The fourth-order valence-electron chi connectivity index (χ4n) is 4.74. The number of nitrogens with one attached hydrogen (secondary N) is 2. The lowest BCUT2D eigenvalue weighted by Gasteiger charge is -2.23. The molecule has 4 rings (SSSR count). The minimum absolute atomic E-state index is 0.0231. The lowest BCUT2D eigenvalue weighted by Crippen LogP contribution is -2.45. The van der Waals surface area contributed by atoms with Gasteiger partial charge in [0.15, 0.2) is 5.69 Å². The van der Waals surface area contributed by atoms with Gasteiger partial charge in [-0.1, -0.05) is 43.0 Å². The molecule has 3 N–H and O–H groups in total. The number of carbonyl (C=O) groups is 5. The smallest absolute Gasteiger partial charge is 0.408 e. The second kappa shape index (κ2) is 15.9. The second-order valence-corrected chi connectivity index (χ2v) is 12.3. The predicted molar refractivity (Wildman–Crippen MR) is 178 cm³/mol. The number of methoxy groups -OCH3 is 1. The van der Waals surface area contributed by atoms with Crippen LogP contribution in [0.2, 0.25) is 0 Å². The molecule has 1 aliphatic rings. The standard InChI is InChI=1S/C36H39N3O10/c1-6-23-17-26(32(41)42)25(18-29(23)46-5)24-14-15-27(31(40)37-19-22-12-13-22)38-30(24)34(44)48-20-47-33(43)28(16-21-10-8-7-9-11-21)39-35(45)49-36(2,3)4/h6-11,14-15,17-18,22,28H,1,12-13,16,19-20H2,2-5H3,(H,37,40)(H,39,45)(H,41,42). The van der Waals surface area contributed by atoms with Gasteiger partial charge in [0.1, 0.15) is 23.1 Å². The van der Waals surface area contributed by atoms with E-state index >= 15 is 0 Å². The van der Waals surface area contributed by atoms with Crippen LogP contribution in [-0.2, 0) is 25.4 Å². The van der Waals surface area contributed by atoms with E-state index in [1.165, 1.54) is 37.5 Å². The molecule has 1 heterocycles. The van der Waals surface area contributed by atoms with Crippen molar-refractivity contribution in [3.8, 4) is 16.9 Å². The molecule has 1 atom stereocenters. The van der Waals surface area contributed by atoms with Crippen molar-refractivity contribution in [2.45, 2.75) is 51.7 Å². The molecular formula is C36H39N3O10. The fourth-order valence-corrected chi connectivity index (χ4v) is 4.74. The summed E-state index contributed by atoms with van der Waals surface area (Å²) in [6.07, 6.45) is 2.63. The number of carboxylic acids is 1. The molecule has 0 spiro atoms. The van der Waals surface area contributed by atoms with Crippen LogP contribution in [0.4, 0.5) is 4.79 Å². The predicted octanol–water partition coefficient (Wildman–Crippen LogP) is 5.03. The number of aromatic nitrogens is 1. The van der Waals surface area contributed by atoms with Gasteiger partial charge in [0.05, 0.1) is 12.7 Å². The molecule has 258 valence electrons. The number of ether oxygens (including phenoxy) is 4. The number of hydrogen-bond donors (Lipinski definition) is 3. The van der Waals surface area contributed by atoms with E-state index in [0.29, 0.717) is 18.0 Å². The van der Waals surface area contributed by atoms with Gasteiger partial charge >= 0.3 is 24.0 Å². The summed E-state index contributed by atoms with van der Waals surface area (Å²) >= 11 is 0. The highest BCUT2D eigenvalue weighted by Gasteiger charge is 2.28. The van der Waals surface area contributed by atoms with Gasteiger partial charge in [-0.25, -0.2) is 24.2 Å². The largest absolute Gasteiger partial charge is 0.496 e. The summed E-state index contributed by atoms with van der Waals surface area (Å²) < 4.78 is 21.2. The first-order valence-corrected chi connectivity index (χ1v) is 15.5. The molecule has 1 aromatic heterocycles. The Morgan fingerprint density at radius 3 is 2.35 bits per heavy atom. The molecule has 13 nitrogen and oxygen atoms in total. The van der Waals surface area contributed by atoms with Gasteiger partial charge in [0.2, 0.25) is 6.79 Å². The Labute approximate surface area is 283 Å². The number of carboxylic acid groups (broad SMARTS) is 1. The maximum atomic E-state index is 13.5. The molecule has 49 heavy (non-hydrogen) atoms. The van der Waals surface area contributed by atoms with E-state index in [1.807, 2.05) is 0 Å². The number of benzene rings is 2. The van der Waals surface area contributed by atoms with E-state index in [9.17, 15) is 29.1 Å². The molecule has 0 saturated heterocycles. The first-order chi connectivity index (χ1) is 23.3. The van der Waals surface area contributed by atoms with Crippen LogP contribution in [0.5, 0.6) is 5.75 Å². The zero-order valence-electron chi connectivity index (χ0n) is 27.7. The van der Waals surface area contributed by atoms with Crippen molar-refractivity contribution in [3.05, 3.63) is 89.3 Å². The van der Waals surface area contributed by atoms with Crippen molar-refractivity contribution in [1.82, 2.24) is 15.6 Å². The quantitative estimate of drug-likeness (QED) is 0.154. The molecule has 3 aromatic rings. The van der Waals surface area contributed by atoms with Crippen LogP contribution in [-0.4, -0.2) is 72.1 Å². The lowest BCUT2D eigenvalue weighted by molar-refractivity contribution is -0.154. The van der Waals surface area contributed by atoms with Crippen LogP contribution in [0.25, 0.3) is 17.2 Å². The number of alkyl carbamates (subject to hydrolysis) is 1. The zero-order valence-corrected chi connectivity index (χ0v) is 27.7. The van der Waals surface area contributed by atoms with Crippen molar-refractivity contribution in [3.63, 3.8) is 0 Å². The van der Waals surface area contributed by atoms with Gasteiger partial charge in [0, 0.05) is 29.7 Å². The molecule has 1 aliphatic carbocycles. The van der Waals surface area contributed by atoms with E-state index < -0.39 is 54.0 Å². The highest BCUT2D eigenvalue weighted by atomic mass is 16.7. The molecule has 1 saturated carbocycles. The summed E-state index contributed by atoms with van der Waals surface area (Å²) in [7, 11) is 1.39. The summed E-state index contributed by atoms with van der Waals surface area (Å²) in [5, 5.41) is 15.3. The minimum atomic E-state index is -1.30. The van der Waals surface area contributed by atoms with Crippen LogP contribution in [0.3, 0.4) is 0 Å². The lowest BCUT2D eigenvalue weighted by atomic mass is 9.95. The van der Waals surface area contributed by atoms with Gasteiger partial charge in [-0.3, -0.25) is 4.79 Å². The van der Waals surface area contributed by atoms with Crippen molar-refractivity contribution < 1.29 is 48.0 Å². The van der Waals surface area contributed by atoms with E-state index in [-0.39, 0.29) is 34.6 Å². The Kier molecular flexibility index (Phi) is 11.7. The van der Waals surface area contributed by atoms with Crippen molar-refractivity contribution in [1.29, 1.82) is 0 Å². The van der Waals surface area contributed by atoms with Gasteiger partial charge in [-0.2, -0.15) is 0 Å². The van der Waals surface area contributed by atoms with E-state index in [4.69, 9.17) is 18.9 Å². The number of carbonyl (C=O) groups excluding carboxylic acids is 4. The second-order valence-electron chi connectivity index (χ2n) is 12.3. The number of hydrogen-bond acceptors (Lipinski definition) is 10. The average Bonchev–Trinajstić information content (AvgIpc) is 3.90. The Morgan fingerprint density at radius 1 is 1.02 bits per heavy atom. The third-order valence-corrected chi connectivity index (χ3v) is 7.33. The van der Waals surface area contributed by atoms with E-state index in [1.54, 1.807) is 51.1 Å². The van der Waals surface area contributed by atoms with Crippen LogP contribution < -0.4 is 15.4 Å². The summed E-state index contributed by atoms with van der Waals surface area (Å²) in [5.74, 6) is -3.20. The number of pyridine rings is 1. The maximum absolute atomic E-state index is 13.5. The number of nitrogens with zero attached hydrogens (tertiary/aromatic N) is 1. The Bertz CT molecular complexity index is 1730. The average molecular weight is 674 g/mol. The van der Waals surface area contributed by atoms with Crippen molar-refractivity contribution in [2.24, 2.45) is 5.92 Å². The summed E-state index contributed by atoms with van der Waals surface area (Å²) in [6.45, 7) is 8.28. The molecule has 2 aromatic carbocycles. The van der Waals surface area contributed by atoms with Crippen molar-refractivity contribution in [2.75, 3.05) is 20.4 Å². The minimum Gasteiger partial charge on any atom is -0.496 e. The topological polar surface area (TPSA) is 179 Å². The van der Waals surface area contributed by atoms with Crippen molar-refractivity contribution >= 4 is 36.0 Å². The molecule has 0 radical (unpaired) electrons. The van der Waals surface area contributed by atoms with Gasteiger partial charge in [0.25, 0.3) is 5.91 Å². The molecular weight excluding hydrogens is 634 g/mol. The maximum Gasteiger partial charge on any atom is 0.408 e. The van der Waals surface area contributed by atoms with E-state index in [2.05, 4.69) is 22.2 Å². The molecule has 2 amide bonds. The Balaban J connectivity index is 1.60. The normalized spacial score (nSPS) is 13.0. The van der Waals surface area contributed by atoms with Crippen LogP contribution in [0, 0.1) is 5.92 Å². The SMILES string of the molecule is C=Cc1cc(C(=O)O)c(-c2ccc(C(=O)NCC3CC3)nc2C(=O)OCOC(=O)C(Cc2ccccc2)NC(=O)OC(C)(C)C)cc1OC. The van der Waals surface area contributed by atoms with E-state index in [0.717, 1.165) is 18.4 Å². The highest BCUT2D eigenvalue weighted by molar-refractivity contribution is 6.04. The first kappa shape index (κ1) is 36.1. The van der Waals surface area contributed by atoms with Crippen LogP contribution in [0.15, 0.2) is 61.2 Å². The Morgan fingerprint density at radius 2 is 1.73 bits per heavy atom. The highest BCUT2D eigenvalue weighted by Crippen LogP contribution is 2.34.